The van der Waals surface area contributed by atoms with Crippen LogP contribution >= 0.6 is 0 Å². The summed E-state index contributed by atoms with van der Waals surface area (Å²) >= 11 is 0. The van der Waals surface area contributed by atoms with Crippen LogP contribution < -0.4 is 9.47 Å². The fourth-order valence-electron chi connectivity index (χ4n) is 3.40. The molecule has 1 aliphatic rings. The van der Waals surface area contributed by atoms with Crippen LogP contribution in [0.5, 0.6) is 11.5 Å². The molecule has 0 atom stereocenters. The molecular weight excluding hydrogens is 403 g/mol. The summed E-state index contributed by atoms with van der Waals surface area (Å²) in [5.41, 5.74) is 0.573. The lowest BCUT2D eigenvalue weighted by Crippen LogP contribution is -2.49. The highest BCUT2D eigenvalue weighted by Gasteiger charge is 2.23. The number of benzene rings is 2. The van der Waals surface area contributed by atoms with Crippen LogP contribution in [-0.4, -0.2) is 75.8 Å². The van der Waals surface area contributed by atoms with Gasteiger partial charge in [0.15, 0.2) is 12.4 Å². The Morgan fingerprint density at radius 2 is 1.84 bits per heavy atom. The van der Waals surface area contributed by atoms with Crippen molar-refractivity contribution in [2.45, 2.75) is 6.54 Å². The van der Waals surface area contributed by atoms with Gasteiger partial charge in [0.25, 0.3) is 5.91 Å². The Kier molecular flexibility index (Phi) is 6.37. The van der Waals surface area contributed by atoms with E-state index in [-0.39, 0.29) is 18.3 Å². The average molecular weight is 426 g/mol. The van der Waals surface area contributed by atoms with Gasteiger partial charge in [0, 0.05) is 32.2 Å². The highest BCUT2D eigenvalue weighted by molar-refractivity contribution is 5.77. The van der Waals surface area contributed by atoms with Crippen molar-refractivity contribution >= 4 is 5.91 Å². The Labute approximate surface area is 179 Å². The van der Waals surface area contributed by atoms with Crippen molar-refractivity contribution in [1.29, 1.82) is 0 Å². The topological polar surface area (TPSA) is 85.6 Å². The number of piperazine rings is 1. The van der Waals surface area contributed by atoms with E-state index in [0.717, 1.165) is 0 Å². The minimum Gasteiger partial charge on any atom is -0.497 e. The zero-order valence-corrected chi connectivity index (χ0v) is 17.1. The summed E-state index contributed by atoms with van der Waals surface area (Å²) in [5.74, 6) is 1.48. The summed E-state index contributed by atoms with van der Waals surface area (Å²) in [6.45, 7) is 3.02. The van der Waals surface area contributed by atoms with Gasteiger partial charge in [-0.3, -0.25) is 9.69 Å². The smallest absolute Gasteiger partial charge is 0.260 e. The molecular formula is C21H23FN6O3. The number of tetrazole rings is 1. The predicted molar refractivity (Wildman–Crippen MR) is 109 cm³/mol. The van der Waals surface area contributed by atoms with Crippen molar-refractivity contribution < 1.29 is 18.7 Å². The zero-order chi connectivity index (χ0) is 21.6. The molecule has 3 aromatic rings. The summed E-state index contributed by atoms with van der Waals surface area (Å²) in [6.07, 6.45) is 0. The van der Waals surface area contributed by atoms with Crippen LogP contribution in [0.2, 0.25) is 0 Å². The van der Waals surface area contributed by atoms with E-state index in [1.165, 1.54) is 16.8 Å². The van der Waals surface area contributed by atoms with Crippen molar-refractivity contribution in [2.75, 3.05) is 39.9 Å². The van der Waals surface area contributed by atoms with E-state index in [1.54, 1.807) is 36.3 Å². The number of carbonyl (C=O) groups is 1. The van der Waals surface area contributed by atoms with Crippen LogP contribution in [0, 0.1) is 5.82 Å². The van der Waals surface area contributed by atoms with E-state index >= 15 is 0 Å². The van der Waals surface area contributed by atoms with Gasteiger partial charge in [-0.2, -0.15) is 4.68 Å². The van der Waals surface area contributed by atoms with Gasteiger partial charge in [-0.25, -0.2) is 4.39 Å². The van der Waals surface area contributed by atoms with Crippen LogP contribution in [-0.2, 0) is 11.3 Å². The lowest BCUT2D eigenvalue weighted by Gasteiger charge is -2.34. The molecule has 2 aromatic carbocycles. The highest BCUT2D eigenvalue weighted by atomic mass is 19.1. The number of methoxy groups -OCH3 is 1. The first-order chi connectivity index (χ1) is 15.1. The molecule has 10 heteroatoms. The average Bonchev–Trinajstić information content (AvgIpc) is 3.26. The molecule has 1 amide bonds. The predicted octanol–water partition coefficient (Wildman–Crippen LogP) is 1.53. The van der Waals surface area contributed by atoms with Crippen LogP contribution in [0.4, 0.5) is 4.39 Å². The summed E-state index contributed by atoms with van der Waals surface area (Å²) in [4.78, 5) is 16.4. The van der Waals surface area contributed by atoms with Crippen molar-refractivity contribution in [3.05, 3.63) is 60.2 Å². The van der Waals surface area contributed by atoms with E-state index in [4.69, 9.17) is 9.47 Å². The molecule has 2 heterocycles. The number of rotatable bonds is 7. The van der Waals surface area contributed by atoms with Gasteiger partial charge in [0.2, 0.25) is 0 Å². The maximum Gasteiger partial charge on any atom is 0.260 e. The second-order valence-electron chi connectivity index (χ2n) is 7.11. The monoisotopic (exact) mass is 426 g/mol. The van der Waals surface area contributed by atoms with E-state index in [1.807, 2.05) is 12.1 Å². The molecule has 162 valence electrons. The van der Waals surface area contributed by atoms with Gasteiger partial charge in [-0.1, -0.05) is 12.1 Å². The molecule has 1 fully saturated rings. The second kappa shape index (κ2) is 9.52. The molecule has 9 nitrogen and oxygen atoms in total. The number of aromatic nitrogens is 4. The van der Waals surface area contributed by atoms with E-state index in [0.29, 0.717) is 55.7 Å². The van der Waals surface area contributed by atoms with E-state index in [9.17, 15) is 9.18 Å². The molecule has 31 heavy (non-hydrogen) atoms. The molecule has 0 N–H and O–H groups in total. The molecule has 0 spiro atoms. The second-order valence-corrected chi connectivity index (χ2v) is 7.11. The van der Waals surface area contributed by atoms with Crippen LogP contribution in [0.3, 0.4) is 0 Å². The third kappa shape index (κ3) is 5.15. The summed E-state index contributed by atoms with van der Waals surface area (Å²) in [6, 6.07) is 13.3. The first-order valence-electron chi connectivity index (χ1n) is 9.92. The van der Waals surface area contributed by atoms with Gasteiger partial charge in [-0.05, 0) is 40.8 Å². The Morgan fingerprint density at radius 3 is 2.61 bits per heavy atom. The number of ether oxygens (including phenoxy) is 2. The van der Waals surface area contributed by atoms with Gasteiger partial charge in [0.05, 0.1) is 19.3 Å². The normalized spacial score (nSPS) is 14.5. The third-order valence-electron chi connectivity index (χ3n) is 5.08. The van der Waals surface area contributed by atoms with E-state index in [2.05, 4.69) is 20.4 Å². The van der Waals surface area contributed by atoms with Gasteiger partial charge in [0.1, 0.15) is 17.3 Å². The minimum atomic E-state index is -0.345. The largest absolute Gasteiger partial charge is 0.497 e. The van der Waals surface area contributed by atoms with Crippen LogP contribution in [0.1, 0.15) is 5.82 Å². The SMILES string of the molecule is COc1cccc(OCC(=O)N2CCN(Cc3nnnn3-c3cccc(F)c3)CC2)c1. The fraction of sp³-hybridized carbons (Fsp3) is 0.333. The Balaban J connectivity index is 1.28. The Bertz CT molecular complexity index is 1040. The van der Waals surface area contributed by atoms with Gasteiger partial charge >= 0.3 is 0 Å². The Hall–Kier alpha value is -3.53. The molecule has 1 aliphatic heterocycles. The zero-order valence-electron chi connectivity index (χ0n) is 17.1. The highest BCUT2D eigenvalue weighted by Crippen LogP contribution is 2.19. The molecule has 0 radical (unpaired) electrons. The summed E-state index contributed by atoms with van der Waals surface area (Å²) in [5, 5.41) is 11.8. The molecule has 0 saturated carbocycles. The number of nitrogens with zero attached hydrogens (tertiary/aromatic N) is 6. The van der Waals surface area contributed by atoms with Crippen LogP contribution in [0.25, 0.3) is 5.69 Å². The maximum atomic E-state index is 13.5. The van der Waals surface area contributed by atoms with Gasteiger partial charge < -0.3 is 14.4 Å². The number of hydrogen-bond donors (Lipinski definition) is 0. The van der Waals surface area contributed by atoms with Gasteiger partial charge in [-0.15, -0.1) is 5.10 Å². The molecule has 0 bridgehead atoms. The summed E-state index contributed by atoms with van der Waals surface area (Å²) in [7, 11) is 1.58. The van der Waals surface area contributed by atoms with Crippen molar-refractivity contribution in [3.63, 3.8) is 0 Å². The standard InChI is InChI=1S/C21H23FN6O3/c1-30-18-6-3-7-19(13-18)31-15-21(29)27-10-8-26(9-11-27)14-20-23-24-25-28(20)17-5-2-4-16(22)12-17/h2-7,12-13H,8-11,14-15H2,1H3. The quantitative estimate of drug-likeness (QED) is 0.566. The van der Waals surface area contributed by atoms with Crippen molar-refractivity contribution in [3.8, 4) is 17.2 Å². The summed E-state index contributed by atoms with van der Waals surface area (Å²) < 4.78 is 25.8. The number of halogens is 1. The maximum absolute atomic E-state index is 13.5. The number of carbonyl (C=O) groups excluding carboxylic acids is 1. The Morgan fingerprint density at radius 1 is 1.06 bits per heavy atom. The third-order valence-corrected chi connectivity index (χ3v) is 5.08. The van der Waals surface area contributed by atoms with Crippen molar-refractivity contribution in [2.24, 2.45) is 0 Å². The lowest BCUT2D eigenvalue weighted by molar-refractivity contribution is -0.135. The lowest BCUT2D eigenvalue weighted by atomic mass is 10.3. The molecule has 0 aliphatic carbocycles. The number of amides is 1. The fourth-order valence-corrected chi connectivity index (χ4v) is 3.40. The minimum absolute atomic E-state index is 0.0228. The molecule has 4 rings (SSSR count). The molecule has 1 aromatic heterocycles. The van der Waals surface area contributed by atoms with Crippen molar-refractivity contribution in [1.82, 2.24) is 30.0 Å². The number of hydrogen-bond acceptors (Lipinski definition) is 7. The first kappa shape index (κ1) is 20.7. The molecule has 0 unspecified atom stereocenters. The van der Waals surface area contributed by atoms with Crippen LogP contribution in [0.15, 0.2) is 48.5 Å². The van der Waals surface area contributed by atoms with E-state index < -0.39 is 0 Å². The molecule has 1 saturated heterocycles. The first-order valence-corrected chi connectivity index (χ1v) is 9.92.